The lowest BCUT2D eigenvalue weighted by Gasteiger charge is -2.37. The molecule has 0 aliphatic heterocycles. The van der Waals surface area contributed by atoms with Crippen LogP contribution in [0.15, 0.2) is 78.9 Å². The van der Waals surface area contributed by atoms with E-state index in [0.717, 1.165) is 16.7 Å². The Kier molecular flexibility index (Phi) is 13.6. The van der Waals surface area contributed by atoms with Crippen molar-refractivity contribution in [1.29, 1.82) is 5.26 Å². The minimum Gasteiger partial charge on any atom is -0.497 e. The maximum Gasteiger partial charge on any atom is 0.154 e. The molecule has 1 unspecified atom stereocenters. The third-order valence-corrected chi connectivity index (χ3v) is 11.4. The van der Waals surface area contributed by atoms with Crippen LogP contribution < -0.4 is 9.47 Å². The molecule has 0 heterocycles. The Bertz CT molecular complexity index is 1370. The standard InChI is InChI=1S/C34H45N2O6PS/c1-27(2)36(28(3)4)43(24-10-21-35)42-23-26-44(37,38)25-22-41-34(29-11-8-7-9-12-29,30-13-17-32(39-5)18-14-30)31-15-19-33(40-6)20-16-31/h7-9,11-20,27-28H,10,22-26H2,1-6H3. The molecule has 0 saturated heterocycles. The van der Waals surface area contributed by atoms with E-state index in [1.165, 1.54) is 0 Å². The van der Waals surface area contributed by atoms with Gasteiger partial charge >= 0.3 is 0 Å². The smallest absolute Gasteiger partial charge is 0.154 e. The van der Waals surface area contributed by atoms with Gasteiger partial charge < -0.3 is 18.7 Å². The Labute approximate surface area is 264 Å². The molecule has 8 nitrogen and oxygen atoms in total. The van der Waals surface area contributed by atoms with E-state index in [1.807, 2.05) is 78.9 Å². The molecular formula is C34H45N2O6PS. The van der Waals surface area contributed by atoms with Gasteiger partial charge in [0.1, 0.15) is 25.4 Å². The minimum absolute atomic E-state index is 0.0391. The maximum absolute atomic E-state index is 13.3. The van der Waals surface area contributed by atoms with Crippen LogP contribution in [-0.2, 0) is 24.7 Å². The van der Waals surface area contributed by atoms with E-state index in [9.17, 15) is 8.42 Å². The fourth-order valence-electron chi connectivity index (χ4n) is 5.27. The first-order chi connectivity index (χ1) is 21.1. The Balaban J connectivity index is 1.86. The second-order valence-corrected chi connectivity index (χ2v) is 15.1. The van der Waals surface area contributed by atoms with Crippen LogP contribution in [0.5, 0.6) is 11.5 Å². The van der Waals surface area contributed by atoms with Gasteiger partial charge in [0, 0.05) is 24.7 Å². The molecule has 3 aromatic rings. The molecule has 0 saturated carbocycles. The largest absolute Gasteiger partial charge is 0.497 e. The lowest BCUT2D eigenvalue weighted by Crippen LogP contribution is -2.35. The first-order valence-corrected chi connectivity index (χ1v) is 18.0. The maximum atomic E-state index is 13.3. The third-order valence-electron chi connectivity index (χ3n) is 7.25. The number of nitriles is 1. The second kappa shape index (κ2) is 16.9. The van der Waals surface area contributed by atoms with Crippen molar-refractivity contribution in [3.8, 4) is 17.6 Å². The van der Waals surface area contributed by atoms with Crippen LogP contribution in [0.1, 0.15) is 50.8 Å². The first kappa shape index (κ1) is 35.5. The Morgan fingerprint density at radius 2 is 1.25 bits per heavy atom. The SMILES string of the molecule is COc1ccc(C(OCCS(=O)(=O)CCOP(CCC#N)N(C(C)C)C(C)C)(c2ccccc2)c2ccc(OC)cc2)cc1. The fraction of sp³-hybridized carbons (Fsp3) is 0.441. The highest BCUT2D eigenvalue weighted by Crippen LogP contribution is 2.45. The van der Waals surface area contributed by atoms with Crippen LogP contribution in [-0.4, -0.2) is 70.3 Å². The molecule has 3 aromatic carbocycles. The molecule has 10 heteroatoms. The summed E-state index contributed by atoms with van der Waals surface area (Å²) in [5, 5.41) is 9.16. The average Bonchev–Trinajstić information content (AvgIpc) is 3.02. The topological polar surface area (TPSA) is 98.1 Å². The van der Waals surface area contributed by atoms with Gasteiger partial charge in [0.25, 0.3) is 0 Å². The summed E-state index contributed by atoms with van der Waals surface area (Å²) in [5.74, 6) is 1.10. The molecule has 0 spiro atoms. The van der Waals surface area contributed by atoms with Crippen LogP contribution in [0.4, 0.5) is 0 Å². The molecule has 0 aliphatic rings. The summed E-state index contributed by atoms with van der Waals surface area (Å²) < 4.78 is 52.5. The Morgan fingerprint density at radius 3 is 1.70 bits per heavy atom. The highest BCUT2D eigenvalue weighted by Gasteiger charge is 2.38. The van der Waals surface area contributed by atoms with Crippen molar-refractivity contribution in [2.75, 3.05) is 45.1 Å². The predicted molar refractivity (Wildman–Crippen MR) is 177 cm³/mol. The van der Waals surface area contributed by atoms with Crippen molar-refractivity contribution in [3.05, 3.63) is 95.6 Å². The van der Waals surface area contributed by atoms with Gasteiger partial charge in [-0.3, -0.25) is 4.67 Å². The molecule has 1 atom stereocenters. The molecule has 0 aliphatic carbocycles. The summed E-state index contributed by atoms with van der Waals surface area (Å²) in [6.07, 6.45) is 0.940. The van der Waals surface area contributed by atoms with Crippen LogP contribution in [0.2, 0.25) is 0 Å². The third kappa shape index (κ3) is 9.26. The number of methoxy groups -OCH3 is 2. The van der Waals surface area contributed by atoms with Gasteiger partial charge in [0.2, 0.25) is 0 Å². The van der Waals surface area contributed by atoms with Gasteiger partial charge in [-0.1, -0.05) is 54.6 Å². The number of hydrogen-bond donors (Lipinski definition) is 0. The number of rotatable bonds is 18. The van der Waals surface area contributed by atoms with Crippen LogP contribution in [0, 0.1) is 11.3 Å². The number of nitrogens with zero attached hydrogens (tertiary/aromatic N) is 2. The highest BCUT2D eigenvalue weighted by atomic mass is 32.2. The molecule has 0 aromatic heterocycles. The van der Waals surface area contributed by atoms with Crippen molar-refractivity contribution >= 4 is 18.1 Å². The van der Waals surface area contributed by atoms with E-state index >= 15 is 0 Å². The van der Waals surface area contributed by atoms with Crippen molar-refractivity contribution in [2.45, 2.75) is 51.8 Å². The molecule has 0 fully saturated rings. The van der Waals surface area contributed by atoms with Crippen LogP contribution in [0.25, 0.3) is 0 Å². The van der Waals surface area contributed by atoms with E-state index in [-0.39, 0.29) is 36.8 Å². The van der Waals surface area contributed by atoms with E-state index in [1.54, 1.807) is 14.2 Å². The number of sulfone groups is 1. The van der Waals surface area contributed by atoms with Gasteiger partial charge in [-0.25, -0.2) is 8.42 Å². The summed E-state index contributed by atoms with van der Waals surface area (Å²) >= 11 is 0. The van der Waals surface area contributed by atoms with E-state index in [4.69, 9.17) is 24.0 Å². The molecule has 0 N–H and O–H groups in total. The molecule has 0 radical (unpaired) electrons. The van der Waals surface area contributed by atoms with Crippen molar-refractivity contribution in [2.24, 2.45) is 0 Å². The summed E-state index contributed by atoms with van der Waals surface area (Å²) in [6.45, 7) is 8.37. The zero-order valence-electron chi connectivity index (χ0n) is 26.6. The average molecular weight is 641 g/mol. The van der Waals surface area contributed by atoms with Crippen LogP contribution >= 0.6 is 8.30 Å². The van der Waals surface area contributed by atoms with Crippen LogP contribution in [0.3, 0.4) is 0 Å². The summed E-state index contributed by atoms with van der Waals surface area (Å²) in [5.41, 5.74) is 1.44. The fourth-order valence-corrected chi connectivity index (χ4v) is 8.39. The molecule has 3 rings (SSSR count). The van der Waals surface area contributed by atoms with Crippen molar-refractivity contribution in [1.82, 2.24) is 4.67 Å². The van der Waals surface area contributed by atoms with Gasteiger partial charge in [0.05, 0.1) is 45.0 Å². The zero-order chi connectivity index (χ0) is 32.2. The summed E-state index contributed by atoms with van der Waals surface area (Å²) in [4.78, 5) is 0. The predicted octanol–water partition coefficient (Wildman–Crippen LogP) is 6.79. The summed E-state index contributed by atoms with van der Waals surface area (Å²) in [7, 11) is -1.39. The minimum atomic E-state index is -3.52. The molecule has 44 heavy (non-hydrogen) atoms. The normalized spacial score (nSPS) is 12.8. The number of hydrogen-bond acceptors (Lipinski definition) is 8. The van der Waals surface area contributed by atoms with E-state index in [0.29, 0.717) is 24.1 Å². The monoisotopic (exact) mass is 640 g/mol. The number of benzene rings is 3. The molecule has 238 valence electrons. The van der Waals surface area contributed by atoms with Crippen molar-refractivity contribution < 1.29 is 27.2 Å². The number of ether oxygens (including phenoxy) is 3. The first-order valence-electron chi connectivity index (χ1n) is 14.8. The summed E-state index contributed by atoms with van der Waals surface area (Å²) in [6, 6.07) is 27.7. The molecule has 0 bridgehead atoms. The molecule has 0 amide bonds. The van der Waals surface area contributed by atoms with Gasteiger partial charge in [-0.2, -0.15) is 5.26 Å². The zero-order valence-corrected chi connectivity index (χ0v) is 28.3. The van der Waals surface area contributed by atoms with Gasteiger partial charge in [0.15, 0.2) is 9.84 Å². The van der Waals surface area contributed by atoms with E-state index in [2.05, 4.69) is 38.4 Å². The Hall–Kier alpha value is -2.99. The van der Waals surface area contributed by atoms with Gasteiger partial charge in [-0.05, 0) is 68.7 Å². The molecular weight excluding hydrogens is 595 g/mol. The highest BCUT2D eigenvalue weighted by molar-refractivity contribution is 7.91. The lowest BCUT2D eigenvalue weighted by atomic mass is 9.80. The quantitative estimate of drug-likeness (QED) is 0.111. The second-order valence-electron chi connectivity index (χ2n) is 10.9. The lowest BCUT2D eigenvalue weighted by molar-refractivity contribution is 0.0227. The van der Waals surface area contributed by atoms with Crippen molar-refractivity contribution in [3.63, 3.8) is 0 Å². The Morgan fingerprint density at radius 1 is 0.773 bits per heavy atom. The van der Waals surface area contributed by atoms with Gasteiger partial charge in [-0.15, -0.1) is 0 Å². The van der Waals surface area contributed by atoms with E-state index < -0.39 is 23.7 Å².